The van der Waals surface area contributed by atoms with E-state index in [9.17, 15) is 9.59 Å². The van der Waals surface area contributed by atoms with Crippen LogP contribution in [0.25, 0.3) is 0 Å². The monoisotopic (exact) mass is 370 g/mol. The van der Waals surface area contributed by atoms with Crippen LogP contribution in [0.3, 0.4) is 0 Å². The van der Waals surface area contributed by atoms with Crippen molar-refractivity contribution in [2.24, 2.45) is 0 Å². The molecule has 1 amide bonds. The summed E-state index contributed by atoms with van der Waals surface area (Å²) in [5, 5.41) is 14.8. The number of thioether (sulfide) groups is 1. The number of anilines is 1. The molecule has 2 heterocycles. The third-order valence-electron chi connectivity index (χ3n) is 2.71. The van der Waals surface area contributed by atoms with Crippen molar-refractivity contribution in [1.82, 2.24) is 15.5 Å². The summed E-state index contributed by atoms with van der Waals surface area (Å²) in [5.74, 6) is 0.320. The lowest BCUT2D eigenvalue weighted by Gasteiger charge is -1.98. The first-order chi connectivity index (χ1) is 11.1. The number of nitrogens with one attached hydrogen (secondary N) is 2. The third-order valence-corrected chi connectivity index (χ3v) is 5.85. The fourth-order valence-corrected chi connectivity index (χ4v) is 4.24. The van der Waals surface area contributed by atoms with Gasteiger partial charge in [0.2, 0.25) is 11.0 Å². The Morgan fingerprint density at radius 3 is 2.83 bits per heavy atom. The fourth-order valence-electron chi connectivity index (χ4n) is 1.60. The number of amides is 1. The maximum absolute atomic E-state index is 12.2. The van der Waals surface area contributed by atoms with E-state index in [1.807, 2.05) is 6.07 Å². The van der Waals surface area contributed by atoms with Gasteiger partial charge in [-0.05, 0) is 18.6 Å². The summed E-state index contributed by atoms with van der Waals surface area (Å²) in [6.07, 6.45) is 1.03. The van der Waals surface area contributed by atoms with E-state index >= 15 is 0 Å². The molecular formula is C14H18N4O2S3. The Kier molecular flexibility index (Phi) is 7.00. The van der Waals surface area contributed by atoms with Crippen LogP contribution in [0.15, 0.2) is 16.5 Å². The number of hydrogen-bond acceptors (Lipinski definition) is 8. The molecule has 0 unspecified atom stereocenters. The summed E-state index contributed by atoms with van der Waals surface area (Å²) in [7, 11) is 0. The zero-order valence-corrected chi connectivity index (χ0v) is 15.4. The average molecular weight is 371 g/mol. The van der Waals surface area contributed by atoms with E-state index in [2.05, 4.69) is 27.8 Å². The maximum Gasteiger partial charge on any atom is 0.217 e. The zero-order valence-electron chi connectivity index (χ0n) is 12.9. The van der Waals surface area contributed by atoms with Gasteiger partial charge in [0.05, 0.1) is 17.2 Å². The summed E-state index contributed by atoms with van der Waals surface area (Å²) >= 11 is 4.27. The molecular weight excluding hydrogens is 352 g/mol. The number of carbonyl (C=O) groups is 2. The number of Topliss-reactive ketones (excluding diaryl/α,β-unsaturated/α-hetero) is 1. The molecule has 23 heavy (non-hydrogen) atoms. The van der Waals surface area contributed by atoms with Gasteiger partial charge in [0.1, 0.15) is 0 Å². The van der Waals surface area contributed by atoms with Gasteiger partial charge in [-0.1, -0.05) is 30.0 Å². The number of rotatable bonds is 9. The van der Waals surface area contributed by atoms with Crippen molar-refractivity contribution in [2.45, 2.75) is 31.2 Å². The minimum atomic E-state index is -0.0782. The molecule has 0 aliphatic heterocycles. The Morgan fingerprint density at radius 2 is 2.09 bits per heavy atom. The summed E-state index contributed by atoms with van der Waals surface area (Å²) in [4.78, 5) is 24.8. The molecule has 0 spiro atoms. The molecule has 2 aromatic heterocycles. The van der Waals surface area contributed by atoms with Crippen molar-refractivity contribution in [3.63, 3.8) is 0 Å². The lowest BCUT2D eigenvalue weighted by molar-refractivity contribution is -0.119. The van der Waals surface area contributed by atoms with E-state index in [1.54, 1.807) is 6.07 Å². The number of nitrogens with zero attached hydrogens (tertiary/aromatic N) is 2. The third kappa shape index (κ3) is 5.92. The highest BCUT2D eigenvalue weighted by Gasteiger charge is 2.12. The standard InChI is InChI=1S/C14H18N4O2S3/c1-3-6-15-13-17-18-14(23-13)21-8-11(20)12-5-4-10(22-12)7-16-9(2)19/h4-5H,3,6-8H2,1-2H3,(H,15,17)(H,16,19). The van der Waals surface area contributed by atoms with E-state index < -0.39 is 0 Å². The van der Waals surface area contributed by atoms with Crippen molar-refractivity contribution >= 4 is 51.3 Å². The van der Waals surface area contributed by atoms with Crippen LogP contribution in [-0.4, -0.2) is 34.2 Å². The first-order valence-corrected chi connectivity index (χ1v) is 9.77. The van der Waals surface area contributed by atoms with Crippen LogP contribution >= 0.6 is 34.4 Å². The quantitative estimate of drug-likeness (QED) is 0.521. The predicted octanol–water partition coefficient (Wildman–Crippen LogP) is 3.03. The molecule has 6 nitrogen and oxygen atoms in total. The molecule has 0 atom stereocenters. The second-order valence-electron chi connectivity index (χ2n) is 4.69. The van der Waals surface area contributed by atoms with Crippen molar-refractivity contribution < 1.29 is 9.59 Å². The number of ketones is 1. The topological polar surface area (TPSA) is 84.0 Å². The molecule has 0 aliphatic carbocycles. The molecule has 2 aromatic rings. The number of hydrogen-bond donors (Lipinski definition) is 2. The predicted molar refractivity (Wildman–Crippen MR) is 95.6 cm³/mol. The van der Waals surface area contributed by atoms with E-state index in [1.165, 1.54) is 41.4 Å². The zero-order chi connectivity index (χ0) is 16.7. The Labute approximate surface area is 147 Å². The van der Waals surface area contributed by atoms with Gasteiger partial charge in [-0.3, -0.25) is 9.59 Å². The molecule has 124 valence electrons. The van der Waals surface area contributed by atoms with Crippen LogP contribution in [0.4, 0.5) is 5.13 Å². The summed E-state index contributed by atoms with van der Waals surface area (Å²) in [6.45, 7) is 4.89. The molecule has 2 rings (SSSR count). The summed E-state index contributed by atoms with van der Waals surface area (Å²) < 4.78 is 0.784. The van der Waals surface area contributed by atoms with E-state index in [0.717, 1.165) is 27.3 Å². The van der Waals surface area contributed by atoms with Crippen LogP contribution in [-0.2, 0) is 11.3 Å². The van der Waals surface area contributed by atoms with Crippen LogP contribution in [0.1, 0.15) is 34.8 Å². The molecule has 0 fully saturated rings. The Hall–Kier alpha value is -1.45. The average Bonchev–Trinajstić information content (AvgIpc) is 3.18. The van der Waals surface area contributed by atoms with Gasteiger partial charge < -0.3 is 10.6 Å². The molecule has 0 aromatic carbocycles. The molecule has 0 aliphatic rings. The van der Waals surface area contributed by atoms with Gasteiger partial charge >= 0.3 is 0 Å². The lowest BCUT2D eigenvalue weighted by Crippen LogP contribution is -2.18. The van der Waals surface area contributed by atoms with E-state index in [4.69, 9.17) is 0 Å². The van der Waals surface area contributed by atoms with Crippen molar-refractivity contribution in [3.8, 4) is 0 Å². The van der Waals surface area contributed by atoms with Gasteiger partial charge in [-0.15, -0.1) is 21.5 Å². The van der Waals surface area contributed by atoms with Crippen molar-refractivity contribution in [1.29, 1.82) is 0 Å². The largest absolute Gasteiger partial charge is 0.360 e. The molecule has 0 saturated carbocycles. The number of aromatic nitrogens is 2. The van der Waals surface area contributed by atoms with Crippen LogP contribution in [0.5, 0.6) is 0 Å². The minimum absolute atomic E-state index is 0.0624. The second kappa shape index (κ2) is 8.99. The molecule has 2 N–H and O–H groups in total. The van der Waals surface area contributed by atoms with Crippen molar-refractivity contribution in [2.75, 3.05) is 17.6 Å². The number of carbonyl (C=O) groups excluding carboxylic acids is 2. The highest BCUT2D eigenvalue weighted by Crippen LogP contribution is 2.27. The molecule has 9 heteroatoms. The van der Waals surface area contributed by atoms with E-state index in [0.29, 0.717) is 17.2 Å². The SMILES string of the molecule is CCCNc1nnc(SCC(=O)c2ccc(CNC(C)=O)s2)s1. The second-order valence-corrected chi connectivity index (χ2v) is 8.06. The van der Waals surface area contributed by atoms with E-state index in [-0.39, 0.29) is 11.7 Å². The fraction of sp³-hybridized carbons (Fsp3) is 0.429. The van der Waals surface area contributed by atoms with Gasteiger partial charge in [-0.25, -0.2) is 0 Å². The smallest absolute Gasteiger partial charge is 0.217 e. The van der Waals surface area contributed by atoms with Crippen LogP contribution in [0.2, 0.25) is 0 Å². The Morgan fingerprint density at radius 1 is 1.26 bits per heavy atom. The lowest BCUT2D eigenvalue weighted by atomic mass is 10.3. The first-order valence-electron chi connectivity index (χ1n) is 7.15. The Bertz CT molecular complexity index is 669. The minimum Gasteiger partial charge on any atom is -0.360 e. The van der Waals surface area contributed by atoms with Gasteiger partial charge in [0.15, 0.2) is 10.1 Å². The summed E-state index contributed by atoms with van der Waals surface area (Å²) in [5.41, 5.74) is 0. The van der Waals surface area contributed by atoms with Crippen molar-refractivity contribution in [3.05, 3.63) is 21.9 Å². The van der Waals surface area contributed by atoms with Gasteiger partial charge in [0, 0.05) is 18.3 Å². The van der Waals surface area contributed by atoms with Crippen LogP contribution in [0, 0.1) is 0 Å². The number of thiophene rings is 1. The normalized spacial score (nSPS) is 10.5. The Balaban J connectivity index is 1.82. The maximum atomic E-state index is 12.2. The highest BCUT2D eigenvalue weighted by molar-refractivity contribution is 8.01. The van der Waals surface area contributed by atoms with Gasteiger partial charge in [0.25, 0.3) is 0 Å². The van der Waals surface area contributed by atoms with Crippen LogP contribution < -0.4 is 10.6 Å². The highest BCUT2D eigenvalue weighted by atomic mass is 32.2. The molecule has 0 saturated heterocycles. The summed E-state index contributed by atoms with van der Waals surface area (Å²) in [6, 6.07) is 3.68. The molecule has 0 bridgehead atoms. The first kappa shape index (κ1) is 17.9. The van der Waals surface area contributed by atoms with Gasteiger partial charge in [-0.2, -0.15) is 0 Å². The molecule has 0 radical (unpaired) electrons.